The lowest BCUT2D eigenvalue weighted by Gasteiger charge is -2.03. The van der Waals surface area contributed by atoms with Crippen molar-refractivity contribution < 1.29 is 9.31 Å². The molecule has 0 aromatic heterocycles. The van der Waals surface area contributed by atoms with Gasteiger partial charge in [0, 0.05) is 12.6 Å². The van der Waals surface area contributed by atoms with Gasteiger partial charge in [-0.2, -0.15) is 0 Å². The van der Waals surface area contributed by atoms with Gasteiger partial charge in [-0.1, -0.05) is 42.5 Å². The summed E-state index contributed by atoms with van der Waals surface area (Å²) >= 11 is 0. The summed E-state index contributed by atoms with van der Waals surface area (Å²) in [5, 5.41) is 14.0. The largest absolute Gasteiger partial charge is 0.313 e. The summed E-state index contributed by atoms with van der Waals surface area (Å²) < 4.78 is 13.4. The molecule has 2 aromatic rings. The maximum Gasteiger partial charge on any atom is 0.276 e. The Balaban J connectivity index is 1.80. The van der Waals surface area contributed by atoms with E-state index in [4.69, 9.17) is 0 Å². The van der Waals surface area contributed by atoms with Crippen molar-refractivity contribution in [3.8, 4) is 0 Å². The molecule has 5 heteroatoms. The molecule has 0 unspecified atom stereocenters. The molecule has 0 heterocycles. The first-order valence-electron chi connectivity index (χ1n) is 7.02. The molecule has 0 saturated heterocycles. The molecule has 0 aliphatic rings. The summed E-state index contributed by atoms with van der Waals surface area (Å²) in [5.74, 6) is -0.195. The van der Waals surface area contributed by atoms with Gasteiger partial charge in [-0.15, -0.1) is 0 Å². The Hall–Kier alpha value is -2.53. The molecule has 2 aromatic carbocycles. The van der Waals surface area contributed by atoms with Gasteiger partial charge in [0.15, 0.2) is 0 Å². The minimum Gasteiger partial charge on any atom is -0.313 e. The molecule has 2 rings (SSSR count). The van der Waals surface area contributed by atoms with E-state index in [9.17, 15) is 14.5 Å². The average molecular weight is 300 g/mol. The van der Waals surface area contributed by atoms with Crippen molar-refractivity contribution in [3.63, 3.8) is 0 Å². The van der Waals surface area contributed by atoms with Gasteiger partial charge in [0.05, 0.1) is 10.5 Å². The molecule has 22 heavy (non-hydrogen) atoms. The fourth-order valence-electron chi connectivity index (χ4n) is 2.09. The van der Waals surface area contributed by atoms with E-state index in [-0.39, 0.29) is 11.5 Å². The van der Waals surface area contributed by atoms with Crippen molar-refractivity contribution in [1.29, 1.82) is 0 Å². The number of nitrogens with one attached hydrogen (secondary N) is 1. The van der Waals surface area contributed by atoms with Gasteiger partial charge in [-0.3, -0.25) is 10.1 Å². The number of rotatable bonds is 7. The maximum absolute atomic E-state index is 13.4. The molecule has 0 aliphatic carbocycles. The summed E-state index contributed by atoms with van der Waals surface area (Å²) in [4.78, 5) is 10.5. The highest BCUT2D eigenvalue weighted by Crippen LogP contribution is 2.18. The second kappa shape index (κ2) is 8.05. The van der Waals surface area contributed by atoms with Crippen LogP contribution in [0.15, 0.2) is 54.6 Å². The van der Waals surface area contributed by atoms with E-state index in [0.717, 1.165) is 0 Å². The third-order valence-electron chi connectivity index (χ3n) is 3.22. The highest BCUT2D eigenvalue weighted by molar-refractivity contribution is 5.60. The Morgan fingerprint density at radius 2 is 1.86 bits per heavy atom. The first kappa shape index (κ1) is 15.9. The predicted octanol–water partition coefficient (Wildman–Crippen LogP) is 3.58. The zero-order chi connectivity index (χ0) is 15.8. The van der Waals surface area contributed by atoms with Crippen LogP contribution in [-0.4, -0.2) is 18.0 Å². The minimum atomic E-state index is -0.398. The first-order chi connectivity index (χ1) is 10.7. The highest BCUT2D eigenvalue weighted by atomic mass is 19.1. The van der Waals surface area contributed by atoms with Crippen LogP contribution in [0.4, 0.5) is 10.1 Å². The predicted molar refractivity (Wildman–Crippen MR) is 85.1 cm³/mol. The summed E-state index contributed by atoms with van der Waals surface area (Å²) in [6.07, 6.45) is 4.14. The van der Waals surface area contributed by atoms with Gasteiger partial charge in [-0.25, -0.2) is 4.39 Å². The summed E-state index contributed by atoms with van der Waals surface area (Å²) in [6, 6.07) is 13.3. The van der Waals surface area contributed by atoms with Crippen molar-refractivity contribution >= 4 is 11.8 Å². The van der Waals surface area contributed by atoms with Gasteiger partial charge in [-0.05, 0) is 30.7 Å². The number of hydrogen-bond donors (Lipinski definition) is 1. The molecule has 0 aliphatic heterocycles. The van der Waals surface area contributed by atoms with Crippen LogP contribution in [0.25, 0.3) is 6.08 Å². The molecule has 0 amide bonds. The Bertz CT molecular complexity index is 671. The molecular weight excluding hydrogens is 283 g/mol. The number of nitro groups is 1. The summed E-state index contributed by atoms with van der Waals surface area (Å²) in [7, 11) is 0. The van der Waals surface area contributed by atoms with Gasteiger partial charge in [0.25, 0.3) is 5.69 Å². The van der Waals surface area contributed by atoms with E-state index in [1.54, 1.807) is 36.4 Å². The second-order valence-corrected chi connectivity index (χ2v) is 4.76. The number of para-hydroxylation sites is 1. The molecule has 4 nitrogen and oxygen atoms in total. The zero-order valence-electron chi connectivity index (χ0n) is 12.0. The zero-order valence-corrected chi connectivity index (χ0v) is 12.0. The van der Waals surface area contributed by atoms with Crippen molar-refractivity contribution in [3.05, 3.63) is 81.7 Å². The monoisotopic (exact) mass is 300 g/mol. The molecule has 0 atom stereocenters. The highest BCUT2D eigenvalue weighted by Gasteiger charge is 2.08. The quantitative estimate of drug-likeness (QED) is 0.483. The SMILES string of the molecule is O=[N+]([O-])c1ccccc1/C=C\CNCCc1ccccc1F. The van der Waals surface area contributed by atoms with Gasteiger partial charge < -0.3 is 5.32 Å². The number of nitrogens with zero attached hydrogens (tertiary/aromatic N) is 1. The lowest BCUT2D eigenvalue weighted by Crippen LogP contribution is -2.17. The van der Waals surface area contributed by atoms with Gasteiger partial charge in [0.2, 0.25) is 0 Å². The molecule has 0 spiro atoms. The van der Waals surface area contributed by atoms with Gasteiger partial charge in [0.1, 0.15) is 5.82 Å². The molecule has 1 N–H and O–H groups in total. The second-order valence-electron chi connectivity index (χ2n) is 4.76. The molecule has 0 bridgehead atoms. The van der Waals surface area contributed by atoms with Gasteiger partial charge >= 0.3 is 0 Å². The standard InChI is InChI=1S/C17H17FN2O2/c18-16-9-3-1-6-14(16)11-13-19-12-5-8-15-7-2-4-10-17(15)20(21)22/h1-10,19H,11-13H2/b8-5-. The number of hydrogen-bond acceptors (Lipinski definition) is 3. The molecule has 114 valence electrons. The fraction of sp³-hybridized carbons (Fsp3) is 0.176. The molecule has 0 saturated carbocycles. The van der Waals surface area contributed by atoms with E-state index < -0.39 is 4.92 Å². The van der Waals surface area contributed by atoms with Crippen LogP contribution >= 0.6 is 0 Å². The normalized spacial score (nSPS) is 11.0. The lowest BCUT2D eigenvalue weighted by molar-refractivity contribution is -0.385. The third kappa shape index (κ3) is 4.49. The first-order valence-corrected chi connectivity index (χ1v) is 7.02. The van der Waals surface area contributed by atoms with Crippen molar-refractivity contribution in [2.45, 2.75) is 6.42 Å². The fourth-order valence-corrected chi connectivity index (χ4v) is 2.09. The summed E-state index contributed by atoms with van der Waals surface area (Å²) in [5.41, 5.74) is 1.34. The van der Waals surface area contributed by atoms with Crippen LogP contribution in [0.1, 0.15) is 11.1 Å². The van der Waals surface area contributed by atoms with Crippen molar-refractivity contribution in [1.82, 2.24) is 5.32 Å². The maximum atomic E-state index is 13.4. The van der Waals surface area contributed by atoms with Crippen LogP contribution in [0.5, 0.6) is 0 Å². The van der Waals surface area contributed by atoms with Crippen molar-refractivity contribution in [2.24, 2.45) is 0 Å². The Labute approximate surface area is 128 Å². The van der Waals surface area contributed by atoms with E-state index >= 15 is 0 Å². The molecule has 0 fully saturated rings. The molecular formula is C17H17FN2O2. The van der Waals surface area contributed by atoms with Crippen LogP contribution in [-0.2, 0) is 6.42 Å². The van der Waals surface area contributed by atoms with Crippen LogP contribution in [0.3, 0.4) is 0 Å². The van der Waals surface area contributed by atoms with E-state index in [2.05, 4.69) is 5.32 Å². The molecule has 0 radical (unpaired) electrons. The van der Waals surface area contributed by atoms with Crippen LogP contribution < -0.4 is 5.32 Å². The van der Waals surface area contributed by atoms with E-state index in [1.165, 1.54) is 12.1 Å². The van der Waals surface area contributed by atoms with Crippen LogP contribution in [0, 0.1) is 15.9 Å². The smallest absolute Gasteiger partial charge is 0.276 e. The topological polar surface area (TPSA) is 55.2 Å². The lowest BCUT2D eigenvalue weighted by atomic mass is 10.1. The van der Waals surface area contributed by atoms with Crippen LogP contribution in [0.2, 0.25) is 0 Å². The third-order valence-corrected chi connectivity index (χ3v) is 3.22. The number of benzene rings is 2. The summed E-state index contributed by atoms with van der Waals surface area (Å²) in [6.45, 7) is 1.21. The average Bonchev–Trinajstić information content (AvgIpc) is 2.52. The Morgan fingerprint density at radius 1 is 1.14 bits per heavy atom. The number of halogens is 1. The van der Waals surface area contributed by atoms with Crippen molar-refractivity contribution in [2.75, 3.05) is 13.1 Å². The van der Waals surface area contributed by atoms with E-state index in [0.29, 0.717) is 30.6 Å². The Morgan fingerprint density at radius 3 is 2.64 bits per heavy atom. The number of nitro benzene ring substituents is 1. The van der Waals surface area contributed by atoms with E-state index in [1.807, 2.05) is 12.1 Å². The Kier molecular flexibility index (Phi) is 5.80. The minimum absolute atomic E-state index is 0.0881.